The molecule has 0 aromatic carbocycles. The molecule has 4 atom stereocenters. The van der Waals surface area contributed by atoms with Gasteiger partial charge in [-0.15, -0.1) is 11.8 Å². The van der Waals surface area contributed by atoms with Crippen molar-refractivity contribution < 1.29 is 15.3 Å². The summed E-state index contributed by atoms with van der Waals surface area (Å²) in [4.78, 5) is 11.4. The maximum atomic E-state index is 10.2. The lowest BCUT2D eigenvalue weighted by atomic mass is 10.1. The topological polar surface area (TPSA) is 122 Å². The zero-order valence-electron chi connectivity index (χ0n) is 10.8. The Morgan fingerprint density at radius 1 is 1.38 bits per heavy atom. The highest BCUT2D eigenvalue weighted by Crippen LogP contribution is 2.45. The van der Waals surface area contributed by atoms with Gasteiger partial charge in [-0.1, -0.05) is 0 Å². The number of nitrogens with two attached hydrogens (primary N) is 1. The average molecular weight is 307 g/mol. The summed E-state index contributed by atoms with van der Waals surface area (Å²) in [6, 6.07) is 0. The van der Waals surface area contributed by atoms with Gasteiger partial charge in [-0.3, -0.25) is 0 Å². The van der Waals surface area contributed by atoms with Gasteiger partial charge in [0.2, 0.25) is 5.69 Å². The second kappa shape index (κ2) is 5.16. The number of fused-ring (bicyclic) bond motifs is 1. The molecular formula is C12H13N5O3S. The van der Waals surface area contributed by atoms with E-state index in [1.165, 1.54) is 24.3 Å². The molecule has 9 heteroatoms. The lowest BCUT2D eigenvalue weighted by molar-refractivity contribution is 0.0114. The molecule has 0 radical (unpaired) electrons. The fraction of sp³-hybridized carbons (Fsp3) is 0.417. The van der Waals surface area contributed by atoms with E-state index in [-0.39, 0.29) is 18.1 Å². The lowest BCUT2D eigenvalue weighted by Gasteiger charge is -2.18. The Hall–Kier alpha value is -1.86. The lowest BCUT2D eigenvalue weighted by Crippen LogP contribution is -2.32. The van der Waals surface area contributed by atoms with Crippen molar-refractivity contribution in [1.82, 2.24) is 14.5 Å². The Labute approximate surface area is 124 Å². The van der Waals surface area contributed by atoms with Crippen LogP contribution in [0.1, 0.15) is 5.37 Å². The van der Waals surface area contributed by atoms with E-state index in [0.29, 0.717) is 11.0 Å². The molecule has 0 bridgehead atoms. The average Bonchev–Trinajstić information content (AvgIpc) is 2.99. The molecular weight excluding hydrogens is 294 g/mol. The van der Waals surface area contributed by atoms with Crippen molar-refractivity contribution in [3.05, 3.63) is 23.9 Å². The van der Waals surface area contributed by atoms with Gasteiger partial charge in [0.1, 0.15) is 29.3 Å². The van der Waals surface area contributed by atoms with Crippen molar-refractivity contribution in [3.8, 4) is 0 Å². The Kier molecular flexibility index (Phi) is 3.46. The molecule has 0 aliphatic carbocycles. The van der Waals surface area contributed by atoms with Crippen LogP contribution in [0.25, 0.3) is 15.9 Å². The Bertz CT molecular complexity index is 727. The molecule has 1 aliphatic heterocycles. The predicted molar refractivity (Wildman–Crippen MR) is 77.7 cm³/mol. The van der Waals surface area contributed by atoms with Crippen molar-refractivity contribution in [2.45, 2.75) is 22.8 Å². The highest BCUT2D eigenvalue weighted by Gasteiger charge is 2.43. The molecule has 2 aromatic heterocycles. The molecule has 1 aliphatic rings. The van der Waals surface area contributed by atoms with E-state index in [9.17, 15) is 15.3 Å². The first-order valence-corrected chi connectivity index (χ1v) is 7.13. The third kappa shape index (κ3) is 2.04. The molecule has 0 spiro atoms. The third-order valence-corrected chi connectivity index (χ3v) is 5.09. The standard InChI is InChI=1S/C12H13N5O3S/c1-14-5-2-17(11-7(5)10(13)15-4-16-11)12-9(20)8(19)6(3-18)21-12/h2,4,6,8-9,12,18-20H,3H2,(H2,13,15,16)/t6-,8?,9+,12-/m1/s1. The number of anilines is 1. The van der Waals surface area contributed by atoms with E-state index < -0.39 is 22.8 Å². The van der Waals surface area contributed by atoms with E-state index in [1.54, 1.807) is 4.57 Å². The summed E-state index contributed by atoms with van der Waals surface area (Å²) in [5, 5.41) is 28.7. The number of hydrogen-bond acceptors (Lipinski definition) is 7. The summed E-state index contributed by atoms with van der Waals surface area (Å²) < 4.78 is 1.61. The maximum Gasteiger partial charge on any atom is 0.217 e. The number of aliphatic hydroxyl groups is 3. The molecule has 0 saturated carbocycles. The second-order valence-electron chi connectivity index (χ2n) is 4.72. The fourth-order valence-electron chi connectivity index (χ4n) is 2.48. The summed E-state index contributed by atoms with van der Waals surface area (Å²) in [6.45, 7) is 6.97. The maximum absolute atomic E-state index is 10.2. The fourth-order valence-corrected chi connectivity index (χ4v) is 3.86. The van der Waals surface area contributed by atoms with Gasteiger partial charge in [-0.05, 0) is 0 Å². The molecule has 8 nitrogen and oxygen atoms in total. The first-order chi connectivity index (χ1) is 10.1. The minimum absolute atomic E-state index is 0.196. The van der Waals surface area contributed by atoms with Crippen LogP contribution < -0.4 is 5.73 Å². The molecule has 1 unspecified atom stereocenters. The smallest absolute Gasteiger partial charge is 0.217 e. The van der Waals surface area contributed by atoms with Crippen molar-refractivity contribution in [2.24, 2.45) is 0 Å². The van der Waals surface area contributed by atoms with Gasteiger partial charge < -0.3 is 25.6 Å². The van der Waals surface area contributed by atoms with E-state index >= 15 is 0 Å². The monoisotopic (exact) mass is 307 g/mol. The van der Waals surface area contributed by atoms with Crippen LogP contribution in [-0.2, 0) is 0 Å². The van der Waals surface area contributed by atoms with Gasteiger partial charge in [0, 0.05) is 6.20 Å². The van der Waals surface area contributed by atoms with Crippen LogP contribution >= 0.6 is 11.8 Å². The molecule has 1 saturated heterocycles. The first-order valence-electron chi connectivity index (χ1n) is 6.19. The normalized spacial score (nSPS) is 28.9. The number of thioether (sulfide) groups is 1. The molecule has 21 heavy (non-hydrogen) atoms. The predicted octanol–water partition coefficient (Wildman–Crippen LogP) is -0.108. The van der Waals surface area contributed by atoms with Crippen LogP contribution in [0.3, 0.4) is 0 Å². The third-order valence-electron chi connectivity index (χ3n) is 3.53. The molecule has 3 heterocycles. The van der Waals surface area contributed by atoms with Crippen LogP contribution in [-0.4, -0.2) is 53.9 Å². The number of aromatic nitrogens is 3. The zero-order chi connectivity index (χ0) is 15.1. The van der Waals surface area contributed by atoms with Crippen LogP contribution in [0.2, 0.25) is 0 Å². The largest absolute Gasteiger partial charge is 0.395 e. The quantitative estimate of drug-likeness (QED) is 0.571. The van der Waals surface area contributed by atoms with E-state index in [0.717, 1.165) is 0 Å². The van der Waals surface area contributed by atoms with Crippen molar-refractivity contribution in [1.29, 1.82) is 0 Å². The minimum atomic E-state index is -1.07. The van der Waals surface area contributed by atoms with Gasteiger partial charge in [0.25, 0.3) is 0 Å². The Morgan fingerprint density at radius 3 is 2.76 bits per heavy atom. The second-order valence-corrected chi connectivity index (χ2v) is 6.08. The van der Waals surface area contributed by atoms with Gasteiger partial charge in [-0.2, -0.15) is 0 Å². The zero-order valence-corrected chi connectivity index (χ0v) is 11.6. The van der Waals surface area contributed by atoms with Gasteiger partial charge in [0.05, 0.1) is 29.9 Å². The van der Waals surface area contributed by atoms with Gasteiger partial charge in [-0.25, -0.2) is 14.8 Å². The van der Waals surface area contributed by atoms with Crippen LogP contribution in [0.15, 0.2) is 12.5 Å². The summed E-state index contributed by atoms with van der Waals surface area (Å²) >= 11 is 1.23. The Balaban J connectivity index is 2.14. The van der Waals surface area contributed by atoms with Crippen LogP contribution in [0.4, 0.5) is 11.5 Å². The molecule has 0 amide bonds. The summed E-state index contributed by atoms with van der Waals surface area (Å²) in [5.74, 6) is 0.196. The molecule has 1 fully saturated rings. The van der Waals surface area contributed by atoms with E-state index in [2.05, 4.69) is 14.8 Å². The van der Waals surface area contributed by atoms with Gasteiger partial charge >= 0.3 is 0 Å². The van der Waals surface area contributed by atoms with Gasteiger partial charge in [0.15, 0.2) is 0 Å². The molecule has 2 aromatic rings. The number of nitrogen functional groups attached to an aromatic ring is 1. The molecule has 5 N–H and O–H groups in total. The van der Waals surface area contributed by atoms with Crippen molar-refractivity contribution in [3.63, 3.8) is 0 Å². The number of hydrogen-bond donors (Lipinski definition) is 4. The number of rotatable bonds is 2. The van der Waals surface area contributed by atoms with Crippen molar-refractivity contribution in [2.75, 3.05) is 12.3 Å². The van der Waals surface area contributed by atoms with Crippen LogP contribution in [0.5, 0.6) is 0 Å². The summed E-state index contributed by atoms with van der Waals surface area (Å²) in [7, 11) is 0. The number of nitrogens with zero attached hydrogens (tertiary/aromatic N) is 4. The summed E-state index contributed by atoms with van der Waals surface area (Å²) in [5.41, 5.74) is 6.51. The highest BCUT2D eigenvalue weighted by atomic mass is 32.2. The molecule has 110 valence electrons. The SMILES string of the molecule is [C-]#[N+]c1cn([C@@H]2S[C@H](CO)C(O)[C@@H]2O)c2ncnc(N)c12. The van der Waals surface area contributed by atoms with Crippen LogP contribution in [0, 0.1) is 6.57 Å². The highest BCUT2D eigenvalue weighted by molar-refractivity contribution is 8.00. The van der Waals surface area contributed by atoms with Crippen molar-refractivity contribution >= 4 is 34.3 Å². The first kappa shape index (κ1) is 14.1. The Morgan fingerprint density at radius 2 is 2.14 bits per heavy atom. The van der Waals surface area contributed by atoms with E-state index in [4.69, 9.17) is 12.3 Å². The number of aliphatic hydroxyl groups excluding tert-OH is 3. The minimum Gasteiger partial charge on any atom is -0.395 e. The summed E-state index contributed by atoms with van der Waals surface area (Å²) in [6.07, 6.45) is 0.708. The van der Waals surface area contributed by atoms with E-state index in [1.807, 2.05) is 0 Å². The molecule has 3 rings (SSSR count).